The van der Waals surface area contributed by atoms with Crippen LogP contribution in [0.5, 0.6) is 0 Å². The van der Waals surface area contributed by atoms with Gasteiger partial charge in [-0.25, -0.2) is 4.98 Å². The topological polar surface area (TPSA) is 53.5 Å². The Morgan fingerprint density at radius 2 is 1.82 bits per heavy atom. The Morgan fingerprint density at radius 1 is 1.09 bits per heavy atom. The van der Waals surface area contributed by atoms with E-state index in [0.29, 0.717) is 5.95 Å². The number of morpholine rings is 1. The quantitative estimate of drug-likeness (QED) is 0.933. The molecule has 0 atom stereocenters. The van der Waals surface area contributed by atoms with Gasteiger partial charge in [0.25, 0.3) is 0 Å². The highest BCUT2D eigenvalue weighted by atomic mass is 16.5. The van der Waals surface area contributed by atoms with Crippen LogP contribution in [0.3, 0.4) is 0 Å². The van der Waals surface area contributed by atoms with E-state index in [-0.39, 0.29) is 0 Å². The Morgan fingerprint density at radius 3 is 2.50 bits per heavy atom. The maximum Gasteiger partial charge on any atom is 0.229 e. The van der Waals surface area contributed by atoms with E-state index in [0.717, 1.165) is 43.5 Å². The molecule has 6 heteroatoms. The third-order valence-corrected chi connectivity index (χ3v) is 3.62. The Kier molecular flexibility index (Phi) is 4.39. The van der Waals surface area contributed by atoms with Gasteiger partial charge in [-0.05, 0) is 30.3 Å². The van der Waals surface area contributed by atoms with Gasteiger partial charge in [0.15, 0.2) is 0 Å². The van der Waals surface area contributed by atoms with Gasteiger partial charge in [-0.15, -0.1) is 0 Å². The van der Waals surface area contributed by atoms with E-state index in [2.05, 4.69) is 37.2 Å². The van der Waals surface area contributed by atoms with E-state index in [1.54, 1.807) is 6.20 Å². The zero-order valence-corrected chi connectivity index (χ0v) is 13.0. The van der Waals surface area contributed by atoms with Gasteiger partial charge in [0, 0.05) is 44.8 Å². The van der Waals surface area contributed by atoms with Crippen molar-refractivity contribution in [2.24, 2.45) is 0 Å². The van der Waals surface area contributed by atoms with Crippen LogP contribution >= 0.6 is 0 Å². The minimum absolute atomic E-state index is 0.613. The molecular weight excluding hydrogens is 278 g/mol. The van der Waals surface area contributed by atoms with Gasteiger partial charge in [0.05, 0.1) is 13.2 Å². The lowest BCUT2D eigenvalue weighted by Gasteiger charge is -2.27. The third kappa shape index (κ3) is 3.46. The summed E-state index contributed by atoms with van der Waals surface area (Å²) in [6.45, 7) is 3.24. The minimum atomic E-state index is 0.613. The molecule has 2 heterocycles. The summed E-state index contributed by atoms with van der Waals surface area (Å²) in [5, 5.41) is 3.25. The highest BCUT2D eigenvalue weighted by Crippen LogP contribution is 2.20. The molecule has 0 spiro atoms. The van der Waals surface area contributed by atoms with Gasteiger partial charge in [-0.1, -0.05) is 0 Å². The van der Waals surface area contributed by atoms with Crippen molar-refractivity contribution in [3.8, 4) is 0 Å². The molecule has 6 nitrogen and oxygen atoms in total. The van der Waals surface area contributed by atoms with E-state index in [4.69, 9.17) is 4.74 Å². The smallest absolute Gasteiger partial charge is 0.229 e. The van der Waals surface area contributed by atoms with Gasteiger partial charge < -0.3 is 19.9 Å². The number of rotatable bonds is 4. The average Bonchev–Trinajstić information content (AvgIpc) is 2.56. The molecule has 22 heavy (non-hydrogen) atoms. The molecule has 1 saturated heterocycles. The summed E-state index contributed by atoms with van der Waals surface area (Å²) in [7, 11) is 4.05. The van der Waals surface area contributed by atoms with Crippen LogP contribution in [-0.2, 0) is 4.74 Å². The van der Waals surface area contributed by atoms with E-state index < -0.39 is 0 Å². The number of hydrogen-bond acceptors (Lipinski definition) is 6. The number of nitrogens with zero attached hydrogens (tertiary/aromatic N) is 4. The second kappa shape index (κ2) is 6.62. The largest absolute Gasteiger partial charge is 0.378 e. The van der Waals surface area contributed by atoms with Crippen LogP contribution in [0.25, 0.3) is 0 Å². The Bertz CT molecular complexity index is 608. The molecule has 116 valence electrons. The van der Waals surface area contributed by atoms with Crippen molar-refractivity contribution in [3.05, 3.63) is 36.5 Å². The fourth-order valence-electron chi connectivity index (χ4n) is 2.35. The van der Waals surface area contributed by atoms with Crippen molar-refractivity contribution in [1.82, 2.24) is 9.97 Å². The van der Waals surface area contributed by atoms with Gasteiger partial charge in [0.1, 0.15) is 5.82 Å². The lowest BCUT2D eigenvalue weighted by Crippen LogP contribution is -2.36. The molecule has 1 aromatic heterocycles. The van der Waals surface area contributed by atoms with Gasteiger partial charge in [0.2, 0.25) is 5.95 Å². The summed E-state index contributed by atoms with van der Waals surface area (Å²) in [5.41, 5.74) is 2.14. The highest BCUT2D eigenvalue weighted by Gasteiger charge is 2.13. The first-order valence-corrected chi connectivity index (χ1v) is 7.42. The van der Waals surface area contributed by atoms with Crippen molar-refractivity contribution in [3.63, 3.8) is 0 Å². The van der Waals surface area contributed by atoms with E-state index >= 15 is 0 Å². The van der Waals surface area contributed by atoms with Crippen molar-refractivity contribution < 1.29 is 4.74 Å². The molecule has 0 amide bonds. The lowest BCUT2D eigenvalue weighted by molar-refractivity contribution is 0.122. The van der Waals surface area contributed by atoms with Crippen LogP contribution in [-0.4, -0.2) is 50.4 Å². The second-order valence-corrected chi connectivity index (χ2v) is 5.40. The fraction of sp³-hybridized carbons (Fsp3) is 0.375. The van der Waals surface area contributed by atoms with E-state index in [1.165, 1.54) is 0 Å². The van der Waals surface area contributed by atoms with E-state index in [9.17, 15) is 0 Å². The summed E-state index contributed by atoms with van der Waals surface area (Å²) < 4.78 is 5.37. The summed E-state index contributed by atoms with van der Waals surface area (Å²) in [4.78, 5) is 13.2. The molecule has 1 aliphatic heterocycles. The van der Waals surface area contributed by atoms with Gasteiger partial charge >= 0.3 is 0 Å². The van der Waals surface area contributed by atoms with E-state index in [1.807, 2.05) is 32.3 Å². The molecule has 1 fully saturated rings. The van der Waals surface area contributed by atoms with Crippen LogP contribution < -0.4 is 15.1 Å². The van der Waals surface area contributed by atoms with Crippen LogP contribution in [0.15, 0.2) is 36.5 Å². The molecular formula is C16H21N5O. The number of anilines is 4. The molecule has 2 aromatic rings. The number of hydrogen-bond donors (Lipinski definition) is 1. The number of nitrogens with one attached hydrogen (secondary N) is 1. The van der Waals surface area contributed by atoms with Crippen molar-refractivity contribution >= 4 is 23.1 Å². The maximum atomic E-state index is 5.37. The lowest BCUT2D eigenvalue weighted by atomic mass is 10.2. The molecule has 1 aliphatic rings. The zero-order chi connectivity index (χ0) is 15.4. The molecule has 0 radical (unpaired) electrons. The zero-order valence-electron chi connectivity index (χ0n) is 13.0. The molecule has 1 aromatic carbocycles. The summed E-state index contributed by atoms with van der Waals surface area (Å²) in [6.07, 6.45) is 1.79. The number of ether oxygens (including phenoxy) is 1. The Hall–Kier alpha value is -2.34. The van der Waals surface area contributed by atoms with Crippen LogP contribution in [0.1, 0.15) is 0 Å². The molecule has 3 rings (SSSR count). The minimum Gasteiger partial charge on any atom is -0.378 e. The predicted octanol–water partition coefficient (Wildman–Crippen LogP) is 2.12. The first-order valence-electron chi connectivity index (χ1n) is 7.42. The highest BCUT2D eigenvalue weighted by molar-refractivity contribution is 5.59. The summed E-state index contributed by atoms with van der Waals surface area (Å²) >= 11 is 0. The summed E-state index contributed by atoms with van der Waals surface area (Å²) in [5.74, 6) is 1.55. The fourth-order valence-corrected chi connectivity index (χ4v) is 2.35. The number of benzene rings is 1. The first-order chi connectivity index (χ1) is 10.7. The second-order valence-electron chi connectivity index (χ2n) is 5.40. The van der Waals surface area contributed by atoms with Crippen molar-refractivity contribution in [2.75, 3.05) is 55.5 Å². The van der Waals surface area contributed by atoms with Crippen LogP contribution in [0, 0.1) is 0 Å². The monoisotopic (exact) mass is 299 g/mol. The van der Waals surface area contributed by atoms with Crippen LogP contribution in [0.4, 0.5) is 23.1 Å². The molecule has 0 bridgehead atoms. The van der Waals surface area contributed by atoms with Gasteiger partial charge in [-0.3, -0.25) is 0 Å². The number of aromatic nitrogens is 2. The Balaban J connectivity index is 1.72. The maximum absolute atomic E-state index is 5.37. The molecule has 0 unspecified atom stereocenters. The molecule has 0 saturated carbocycles. The standard InChI is InChI=1S/C16H21N5O/c1-20(2)14-5-3-13(4-6-14)18-16-17-8-7-15(19-16)21-9-11-22-12-10-21/h3-8H,9-12H2,1-2H3,(H,17,18,19). The van der Waals surface area contributed by atoms with Crippen molar-refractivity contribution in [1.29, 1.82) is 0 Å². The van der Waals surface area contributed by atoms with Crippen molar-refractivity contribution in [2.45, 2.75) is 0 Å². The van der Waals surface area contributed by atoms with Gasteiger partial charge in [-0.2, -0.15) is 4.98 Å². The third-order valence-electron chi connectivity index (χ3n) is 3.62. The normalized spacial score (nSPS) is 14.7. The predicted molar refractivity (Wildman–Crippen MR) is 89.1 cm³/mol. The summed E-state index contributed by atoms with van der Waals surface area (Å²) in [6, 6.07) is 10.1. The Labute approximate surface area is 130 Å². The van der Waals surface area contributed by atoms with Crippen LogP contribution in [0.2, 0.25) is 0 Å². The first kappa shape index (κ1) is 14.6. The molecule has 1 N–H and O–H groups in total. The average molecular weight is 299 g/mol. The molecule has 0 aliphatic carbocycles. The SMILES string of the molecule is CN(C)c1ccc(Nc2nccc(N3CCOCC3)n2)cc1.